The molecule has 23 heavy (non-hydrogen) atoms. The third-order valence-electron chi connectivity index (χ3n) is 3.30. The smallest absolute Gasteiger partial charge is 0.131 e. The average Bonchev–Trinajstić information content (AvgIpc) is 3.15. The van der Waals surface area contributed by atoms with Crippen molar-refractivity contribution >= 4 is 54.8 Å². The van der Waals surface area contributed by atoms with Crippen molar-refractivity contribution in [3.05, 3.63) is 44.7 Å². The Kier molecular flexibility index (Phi) is 5.21. The normalized spacial score (nSPS) is 12.7. The monoisotopic (exact) mass is 417 g/mol. The number of nitrogens with one attached hydrogen (secondary N) is 1. The van der Waals surface area contributed by atoms with E-state index in [1.807, 2.05) is 12.1 Å². The number of rotatable bonds is 6. The van der Waals surface area contributed by atoms with E-state index >= 15 is 0 Å². The van der Waals surface area contributed by atoms with Gasteiger partial charge >= 0.3 is 0 Å². The predicted molar refractivity (Wildman–Crippen MR) is 96.0 cm³/mol. The molecule has 3 N–H and O–H groups in total. The number of thiophene rings is 1. The second kappa shape index (κ2) is 7.17. The van der Waals surface area contributed by atoms with Crippen LogP contribution in [0, 0.1) is 0 Å². The standard InChI is InChI=1S/C15H14BrClFN3OS/c16-13-11(4-8(19)6-18)23-15-10(5-12(17)21-14(13)15)20-7-9-2-1-3-22-9/h1-3,5,8H,4,6-7,19H2,(H,20,21)/t8-/m1/s1. The van der Waals surface area contributed by atoms with Crippen LogP contribution in [0.4, 0.5) is 10.1 Å². The number of hydrogen-bond acceptors (Lipinski definition) is 5. The quantitative estimate of drug-likeness (QED) is 0.567. The van der Waals surface area contributed by atoms with Gasteiger partial charge in [-0.3, -0.25) is 0 Å². The molecule has 0 amide bonds. The van der Waals surface area contributed by atoms with E-state index in [1.54, 1.807) is 12.3 Å². The third kappa shape index (κ3) is 3.68. The van der Waals surface area contributed by atoms with Crippen molar-refractivity contribution in [2.75, 3.05) is 12.0 Å². The minimum absolute atomic E-state index is 0.388. The zero-order valence-electron chi connectivity index (χ0n) is 12.0. The summed E-state index contributed by atoms with van der Waals surface area (Å²) in [4.78, 5) is 5.32. The minimum atomic E-state index is -0.557. The number of anilines is 1. The van der Waals surface area contributed by atoms with Crippen molar-refractivity contribution in [1.82, 2.24) is 4.98 Å². The van der Waals surface area contributed by atoms with Gasteiger partial charge in [0, 0.05) is 23.4 Å². The molecule has 0 bridgehead atoms. The molecular weight excluding hydrogens is 405 g/mol. The molecule has 0 radical (unpaired) electrons. The third-order valence-corrected chi connectivity index (χ3v) is 5.84. The number of nitrogens with two attached hydrogens (primary N) is 1. The van der Waals surface area contributed by atoms with Crippen LogP contribution in [0.15, 0.2) is 33.4 Å². The molecule has 3 aromatic heterocycles. The van der Waals surface area contributed by atoms with Crippen LogP contribution in [0.25, 0.3) is 10.2 Å². The molecule has 3 heterocycles. The zero-order chi connectivity index (χ0) is 16.4. The maximum atomic E-state index is 12.7. The lowest BCUT2D eigenvalue weighted by Crippen LogP contribution is -2.24. The Bertz CT molecular complexity index is 809. The molecule has 122 valence electrons. The Labute approximate surface area is 150 Å². The fourth-order valence-electron chi connectivity index (χ4n) is 2.20. The van der Waals surface area contributed by atoms with Crippen molar-refractivity contribution in [2.24, 2.45) is 5.73 Å². The van der Waals surface area contributed by atoms with E-state index < -0.39 is 12.7 Å². The Morgan fingerprint density at radius 3 is 3.04 bits per heavy atom. The summed E-state index contributed by atoms with van der Waals surface area (Å²) in [6, 6.07) is 4.98. The second-order valence-corrected chi connectivity index (χ2v) is 7.35. The van der Waals surface area contributed by atoms with E-state index in [-0.39, 0.29) is 0 Å². The van der Waals surface area contributed by atoms with Gasteiger partial charge < -0.3 is 15.5 Å². The average molecular weight is 419 g/mol. The summed E-state index contributed by atoms with van der Waals surface area (Å²) in [5.74, 6) is 0.821. The van der Waals surface area contributed by atoms with Crippen molar-refractivity contribution in [1.29, 1.82) is 0 Å². The van der Waals surface area contributed by atoms with Gasteiger partial charge in [-0.2, -0.15) is 0 Å². The highest BCUT2D eigenvalue weighted by atomic mass is 79.9. The first kappa shape index (κ1) is 16.7. The molecule has 0 aromatic carbocycles. The lowest BCUT2D eigenvalue weighted by molar-refractivity contribution is 0.428. The van der Waals surface area contributed by atoms with Crippen LogP contribution in [0.3, 0.4) is 0 Å². The summed E-state index contributed by atoms with van der Waals surface area (Å²) in [5.41, 5.74) is 7.34. The molecule has 0 aliphatic heterocycles. The number of halogens is 3. The van der Waals surface area contributed by atoms with Crippen LogP contribution in [-0.4, -0.2) is 17.7 Å². The van der Waals surface area contributed by atoms with Crippen molar-refractivity contribution in [2.45, 2.75) is 19.0 Å². The van der Waals surface area contributed by atoms with Crippen molar-refractivity contribution in [3.63, 3.8) is 0 Å². The molecule has 3 rings (SSSR count). The highest BCUT2D eigenvalue weighted by Crippen LogP contribution is 2.40. The van der Waals surface area contributed by atoms with Crippen LogP contribution in [0.2, 0.25) is 5.15 Å². The number of alkyl halides is 1. The van der Waals surface area contributed by atoms with Gasteiger partial charge in [0.1, 0.15) is 17.6 Å². The van der Waals surface area contributed by atoms with Gasteiger partial charge in [0.25, 0.3) is 0 Å². The summed E-state index contributed by atoms with van der Waals surface area (Å²) >= 11 is 11.2. The lowest BCUT2D eigenvalue weighted by atomic mass is 10.2. The van der Waals surface area contributed by atoms with E-state index in [1.165, 1.54) is 11.3 Å². The molecule has 0 aliphatic carbocycles. The number of aromatic nitrogens is 1. The molecular formula is C15H14BrClFN3OS. The first-order valence-electron chi connectivity index (χ1n) is 6.93. The summed E-state index contributed by atoms with van der Waals surface area (Å²) in [6.07, 6.45) is 2.08. The van der Waals surface area contributed by atoms with E-state index in [0.29, 0.717) is 18.1 Å². The Morgan fingerprint density at radius 2 is 2.35 bits per heavy atom. The molecule has 4 nitrogen and oxygen atoms in total. The number of hydrogen-bond donors (Lipinski definition) is 2. The van der Waals surface area contributed by atoms with Gasteiger partial charge in [-0.05, 0) is 28.1 Å². The number of furan rings is 1. The summed E-state index contributed by atoms with van der Waals surface area (Å²) in [5, 5.41) is 3.69. The van der Waals surface area contributed by atoms with Gasteiger partial charge in [0.2, 0.25) is 0 Å². The predicted octanol–water partition coefficient (Wildman–Crippen LogP) is 4.76. The Balaban J connectivity index is 1.95. The lowest BCUT2D eigenvalue weighted by Gasteiger charge is -2.06. The fraction of sp³-hybridized carbons (Fsp3) is 0.267. The number of nitrogens with zero attached hydrogens (tertiary/aromatic N) is 1. The molecule has 0 saturated heterocycles. The highest BCUT2D eigenvalue weighted by molar-refractivity contribution is 9.10. The van der Waals surface area contributed by atoms with Crippen LogP contribution >= 0.6 is 38.9 Å². The molecule has 1 atom stereocenters. The van der Waals surface area contributed by atoms with Crippen molar-refractivity contribution in [3.8, 4) is 0 Å². The Morgan fingerprint density at radius 1 is 1.52 bits per heavy atom. The summed E-state index contributed by atoms with van der Waals surface area (Å²) < 4.78 is 19.8. The molecule has 0 fully saturated rings. The van der Waals surface area contributed by atoms with Crippen LogP contribution < -0.4 is 11.1 Å². The largest absolute Gasteiger partial charge is 0.467 e. The van der Waals surface area contributed by atoms with Gasteiger partial charge in [-0.25, -0.2) is 9.37 Å². The van der Waals surface area contributed by atoms with Crippen LogP contribution in [0.5, 0.6) is 0 Å². The fourth-order valence-corrected chi connectivity index (χ4v) is 4.44. The van der Waals surface area contributed by atoms with E-state index in [0.717, 1.165) is 31.0 Å². The summed E-state index contributed by atoms with van der Waals surface area (Å²) in [7, 11) is 0. The van der Waals surface area contributed by atoms with E-state index in [2.05, 4.69) is 26.2 Å². The minimum Gasteiger partial charge on any atom is -0.467 e. The molecule has 0 spiro atoms. The number of pyridine rings is 1. The molecule has 0 unspecified atom stereocenters. The molecule has 0 aliphatic rings. The first-order chi connectivity index (χ1) is 11.1. The summed E-state index contributed by atoms with van der Waals surface area (Å²) in [6.45, 7) is -0.0181. The topological polar surface area (TPSA) is 64.1 Å². The van der Waals surface area contributed by atoms with Gasteiger partial charge in [-0.1, -0.05) is 11.6 Å². The van der Waals surface area contributed by atoms with Gasteiger partial charge in [0.15, 0.2) is 0 Å². The SMILES string of the molecule is N[C@@H](CF)Cc1sc2c(NCc3ccco3)cc(Cl)nc2c1Br. The van der Waals surface area contributed by atoms with Gasteiger partial charge in [-0.15, -0.1) is 11.3 Å². The van der Waals surface area contributed by atoms with E-state index in [9.17, 15) is 4.39 Å². The molecule has 3 aromatic rings. The van der Waals surface area contributed by atoms with Crippen LogP contribution in [0.1, 0.15) is 10.6 Å². The zero-order valence-corrected chi connectivity index (χ0v) is 15.1. The van der Waals surface area contributed by atoms with Gasteiger partial charge in [0.05, 0.1) is 33.2 Å². The number of fused-ring (bicyclic) bond motifs is 1. The first-order valence-corrected chi connectivity index (χ1v) is 8.92. The molecule has 8 heteroatoms. The second-order valence-electron chi connectivity index (χ2n) is 5.06. The van der Waals surface area contributed by atoms with E-state index in [4.69, 9.17) is 21.8 Å². The van der Waals surface area contributed by atoms with Crippen LogP contribution in [-0.2, 0) is 13.0 Å². The van der Waals surface area contributed by atoms with Crippen molar-refractivity contribution < 1.29 is 8.81 Å². The maximum absolute atomic E-state index is 12.7. The highest BCUT2D eigenvalue weighted by Gasteiger charge is 2.17. The molecule has 0 saturated carbocycles. The Hall–Kier alpha value is -1.15. The maximum Gasteiger partial charge on any atom is 0.131 e.